The smallest absolute Gasteiger partial charge is 0.407 e. The number of cyclic esters (lactones) is 1. The monoisotopic (exact) mass is 699 g/mol. The van der Waals surface area contributed by atoms with Crippen LogP contribution in [-0.4, -0.2) is 114 Å². The third-order valence-corrected chi connectivity index (χ3v) is 13.8. The molecule has 2 bridgehead atoms. The number of anilines is 1. The zero-order valence-electron chi connectivity index (χ0n) is 30.6. The van der Waals surface area contributed by atoms with E-state index in [1.54, 1.807) is 0 Å². The van der Waals surface area contributed by atoms with Gasteiger partial charge in [-0.3, -0.25) is 9.69 Å². The summed E-state index contributed by atoms with van der Waals surface area (Å²) in [6, 6.07) is 12.9. The minimum atomic E-state index is -0.864. The number of amides is 1. The highest BCUT2D eigenvalue weighted by Gasteiger charge is 2.65. The lowest BCUT2D eigenvalue weighted by Crippen LogP contribution is -2.62. The zero-order valence-corrected chi connectivity index (χ0v) is 30.6. The van der Waals surface area contributed by atoms with Gasteiger partial charge in [0.1, 0.15) is 5.60 Å². The van der Waals surface area contributed by atoms with Gasteiger partial charge in [0.25, 0.3) is 6.47 Å². The number of carbonyl (C=O) groups excluding carboxylic acids is 2. The summed E-state index contributed by atoms with van der Waals surface area (Å²) in [6.45, 7) is 10.5. The molecule has 11 nitrogen and oxygen atoms in total. The maximum absolute atomic E-state index is 12.6. The minimum absolute atomic E-state index is 0.0109. The zero-order chi connectivity index (χ0) is 35.9. The Morgan fingerprint density at radius 3 is 2.67 bits per heavy atom. The molecule has 9 atom stereocenters. The molecule has 11 heteroatoms. The molecule has 3 fully saturated rings. The van der Waals surface area contributed by atoms with Gasteiger partial charge in [-0.2, -0.15) is 0 Å². The topological polar surface area (TPSA) is 131 Å². The largest absolute Gasteiger partial charge is 0.467 e. The molecule has 3 unspecified atom stereocenters. The van der Waals surface area contributed by atoms with E-state index in [2.05, 4.69) is 83.3 Å². The van der Waals surface area contributed by atoms with E-state index < -0.39 is 17.3 Å². The number of hydrogen-bond acceptors (Lipinski definition) is 9. The molecule has 51 heavy (non-hydrogen) atoms. The van der Waals surface area contributed by atoms with Crippen LogP contribution in [0.3, 0.4) is 0 Å². The Bertz CT molecular complexity index is 1850. The van der Waals surface area contributed by atoms with Crippen molar-refractivity contribution in [2.24, 2.45) is 5.92 Å². The molecule has 1 amide bonds. The van der Waals surface area contributed by atoms with E-state index in [1.165, 1.54) is 16.5 Å². The Balaban J connectivity index is 1.37. The number of alkyl carbamates (subject to hydrolysis) is 1. The lowest BCUT2D eigenvalue weighted by molar-refractivity contribution is -0.129. The first-order valence-electron chi connectivity index (χ1n) is 18.7. The second-order valence-electron chi connectivity index (χ2n) is 16.4. The standard InChI is InChI=1S/C40H53N5O6/c1-6-39(49)17-26-18-45(22-39)13-11-28-27-9-7-8-10-32(27)42-35(28)30(20-50-23-47)34(26)29-16-31-33(15-25(29)19-46)44(5)36(38(3)21-41-37(48)51-38)40(31)12-14-43(4)24(40)2/h7-10,15-16,23-24,26,30,34,36,42,46,49H,6,11-14,17-22H2,1-5H3,(H,41,48)/t24-,26?,30+,34+,36-,38-,39-,40?/m0/s1. The van der Waals surface area contributed by atoms with Crippen LogP contribution in [-0.2, 0) is 32.7 Å². The van der Waals surface area contributed by atoms with Crippen LogP contribution < -0.4 is 10.2 Å². The number of aromatic nitrogens is 1. The third-order valence-electron chi connectivity index (χ3n) is 13.8. The van der Waals surface area contributed by atoms with Crippen LogP contribution in [0.2, 0.25) is 0 Å². The second kappa shape index (κ2) is 12.5. The van der Waals surface area contributed by atoms with Crippen LogP contribution in [0.1, 0.15) is 79.8 Å². The fraction of sp³-hybridized carbons (Fsp3) is 0.600. The fourth-order valence-corrected chi connectivity index (χ4v) is 11.4. The molecule has 2 aromatic carbocycles. The molecule has 1 aromatic heterocycles. The average molecular weight is 700 g/mol. The number of nitrogens with one attached hydrogen (secondary N) is 2. The normalized spacial score (nSPS) is 36.3. The van der Waals surface area contributed by atoms with Crippen LogP contribution in [0, 0.1) is 5.92 Å². The Morgan fingerprint density at radius 1 is 1.18 bits per heavy atom. The molecule has 0 radical (unpaired) electrons. The predicted molar refractivity (Wildman–Crippen MR) is 195 cm³/mol. The number of aliphatic hydroxyl groups excluding tert-OH is 1. The van der Waals surface area contributed by atoms with Gasteiger partial charge in [0.15, 0.2) is 0 Å². The van der Waals surface area contributed by atoms with E-state index in [0.717, 1.165) is 60.5 Å². The van der Waals surface area contributed by atoms with Gasteiger partial charge in [-0.15, -0.1) is 0 Å². The van der Waals surface area contributed by atoms with E-state index >= 15 is 0 Å². The lowest BCUT2D eigenvalue weighted by Gasteiger charge is -2.47. The molecule has 5 aliphatic heterocycles. The molecule has 3 saturated heterocycles. The van der Waals surface area contributed by atoms with Crippen molar-refractivity contribution in [1.82, 2.24) is 20.1 Å². The van der Waals surface area contributed by atoms with Gasteiger partial charge >= 0.3 is 6.09 Å². The molecular weight excluding hydrogens is 646 g/mol. The van der Waals surface area contributed by atoms with Crippen molar-refractivity contribution in [2.75, 3.05) is 58.3 Å². The number of hydrogen-bond donors (Lipinski definition) is 4. The van der Waals surface area contributed by atoms with Gasteiger partial charge in [0, 0.05) is 66.3 Å². The summed E-state index contributed by atoms with van der Waals surface area (Å²) in [5.41, 5.74) is 5.45. The van der Waals surface area contributed by atoms with Gasteiger partial charge in [-0.1, -0.05) is 31.2 Å². The van der Waals surface area contributed by atoms with Gasteiger partial charge in [0.05, 0.1) is 31.4 Å². The van der Waals surface area contributed by atoms with Crippen LogP contribution in [0.5, 0.6) is 0 Å². The van der Waals surface area contributed by atoms with Crippen molar-refractivity contribution in [3.63, 3.8) is 0 Å². The molecule has 1 spiro atoms. The Morgan fingerprint density at radius 2 is 1.98 bits per heavy atom. The molecule has 274 valence electrons. The number of benzene rings is 2. The lowest BCUT2D eigenvalue weighted by atomic mass is 9.64. The quantitative estimate of drug-likeness (QED) is 0.271. The first-order chi connectivity index (χ1) is 24.5. The van der Waals surface area contributed by atoms with Crippen molar-refractivity contribution in [3.05, 3.63) is 64.3 Å². The number of aromatic amines is 1. The second-order valence-corrected chi connectivity index (χ2v) is 16.4. The molecule has 5 aliphatic rings. The van der Waals surface area contributed by atoms with E-state index in [4.69, 9.17) is 9.47 Å². The van der Waals surface area contributed by atoms with Crippen LogP contribution in [0.25, 0.3) is 10.9 Å². The van der Waals surface area contributed by atoms with E-state index in [0.29, 0.717) is 32.4 Å². The first-order valence-corrected chi connectivity index (χ1v) is 18.7. The highest BCUT2D eigenvalue weighted by molar-refractivity contribution is 5.85. The van der Waals surface area contributed by atoms with Crippen LogP contribution in [0.15, 0.2) is 36.4 Å². The van der Waals surface area contributed by atoms with Gasteiger partial charge in [0.2, 0.25) is 0 Å². The number of H-pyrrole nitrogens is 1. The van der Waals surface area contributed by atoms with Gasteiger partial charge in [-0.05, 0) is 99.3 Å². The summed E-state index contributed by atoms with van der Waals surface area (Å²) < 4.78 is 11.9. The molecular formula is C40H53N5O6. The fourth-order valence-electron chi connectivity index (χ4n) is 11.4. The van der Waals surface area contributed by atoms with Gasteiger partial charge < -0.3 is 39.8 Å². The number of rotatable bonds is 7. The summed E-state index contributed by atoms with van der Waals surface area (Å²) in [4.78, 5) is 35.5. The molecule has 0 aliphatic carbocycles. The maximum Gasteiger partial charge on any atom is 0.407 e. The highest BCUT2D eigenvalue weighted by Crippen LogP contribution is 2.58. The Hall–Kier alpha value is -3.64. The van der Waals surface area contributed by atoms with Gasteiger partial charge in [-0.25, -0.2) is 4.79 Å². The Kier molecular flexibility index (Phi) is 8.44. The number of likely N-dealkylation sites (tertiary alicyclic amines) is 1. The summed E-state index contributed by atoms with van der Waals surface area (Å²) in [5, 5.41) is 27.4. The molecule has 4 N–H and O–H groups in total. The number of carbonyl (C=O) groups is 2. The summed E-state index contributed by atoms with van der Waals surface area (Å²) in [6.07, 6.45) is 2.54. The number of aliphatic hydroxyl groups is 2. The van der Waals surface area contributed by atoms with Crippen LogP contribution >= 0.6 is 0 Å². The van der Waals surface area contributed by atoms with E-state index in [-0.39, 0.29) is 48.5 Å². The van der Waals surface area contributed by atoms with Crippen molar-refractivity contribution in [2.45, 2.75) is 93.6 Å². The van der Waals surface area contributed by atoms with Crippen molar-refractivity contribution >= 4 is 29.2 Å². The molecule has 3 aromatic rings. The first kappa shape index (κ1) is 34.4. The summed E-state index contributed by atoms with van der Waals surface area (Å²) in [7, 11) is 4.27. The number of piperidine rings is 1. The van der Waals surface area contributed by atoms with Crippen molar-refractivity contribution in [3.8, 4) is 0 Å². The third kappa shape index (κ3) is 5.21. The van der Waals surface area contributed by atoms with E-state index in [1.807, 2.05) is 13.0 Å². The predicted octanol–water partition coefficient (Wildman–Crippen LogP) is 4.00. The number of para-hydroxylation sites is 1. The summed E-state index contributed by atoms with van der Waals surface area (Å²) in [5.74, 6) is -0.436. The average Bonchev–Trinajstić information content (AvgIpc) is 3.83. The molecule has 6 heterocycles. The minimum Gasteiger partial charge on any atom is -0.467 e. The highest BCUT2D eigenvalue weighted by atomic mass is 16.6. The maximum atomic E-state index is 12.6. The number of ether oxygens (including phenoxy) is 2. The molecule has 8 rings (SSSR count). The van der Waals surface area contributed by atoms with Crippen molar-refractivity contribution in [1.29, 1.82) is 0 Å². The number of likely N-dealkylation sites (N-methyl/N-ethyl adjacent to an activating group) is 2. The van der Waals surface area contributed by atoms with Crippen molar-refractivity contribution < 1.29 is 29.3 Å². The van der Waals surface area contributed by atoms with E-state index in [9.17, 15) is 19.8 Å². The molecule has 0 saturated carbocycles. The summed E-state index contributed by atoms with van der Waals surface area (Å²) >= 11 is 0. The Labute approximate surface area is 300 Å². The number of fused-ring (bicyclic) bond motifs is 7. The number of nitrogens with zero attached hydrogens (tertiary/aromatic N) is 3. The van der Waals surface area contributed by atoms with Crippen LogP contribution in [0.4, 0.5) is 10.5 Å². The SMILES string of the molecule is CC[C@]1(O)CC2CN(CCc3c([nH]c4ccccc34)[C@H](COC=O)[C@H]2c2cc3c(cc2CO)N(C)[C@@H]([C@]2(C)CNC(=O)O2)C32CCN(C)[C@H]2C)C1.